The third kappa shape index (κ3) is 2.56. The van der Waals surface area contributed by atoms with Gasteiger partial charge in [-0.2, -0.15) is 5.10 Å². The summed E-state index contributed by atoms with van der Waals surface area (Å²) in [6, 6.07) is 12.1. The van der Waals surface area contributed by atoms with Gasteiger partial charge in [0.25, 0.3) is 0 Å². The first kappa shape index (κ1) is 12.6. The van der Waals surface area contributed by atoms with Crippen LogP contribution in [0.5, 0.6) is 0 Å². The zero-order valence-corrected chi connectivity index (χ0v) is 12.4. The fourth-order valence-electron chi connectivity index (χ4n) is 2.43. The van der Waals surface area contributed by atoms with Crippen molar-refractivity contribution < 1.29 is 4.42 Å². The highest BCUT2D eigenvalue weighted by Crippen LogP contribution is 2.47. The Morgan fingerprint density at radius 1 is 1.33 bits per heavy atom. The number of hydrogen-bond acceptors (Lipinski definition) is 5. The van der Waals surface area contributed by atoms with E-state index in [1.165, 1.54) is 6.42 Å². The molecule has 2 atom stereocenters. The molecule has 21 heavy (non-hydrogen) atoms. The van der Waals surface area contributed by atoms with Crippen molar-refractivity contribution in [2.45, 2.75) is 19.3 Å². The predicted octanol–water partition coefficient (Wildman–Crippen LogP) is 4.46. The Morgan fingerprint density at radius 2 is 2.19 bits per heavy atom. The fraction of sp³-hybridized carbons (Fsp3) is 0.250. The molecule has 2 aromatic heterocycles. The minimum Gasteiger partial charge on any atom is -0.460 e. The average molecular weight is 297 g/mol. The molecule has 2 heterocycles. The number of nitrogens with one attached hydrogen (secondary N) is 1. The van der Waals surface area contributed by atoms with Crippen LogP contribution in [0.2, 0.25) is 0 Å². The van der Waals surface area contributed by atoms with Gasteiger partial charge in [0.05, 0.1) is 16.4 Å². The number of furan rings is 1. The van der Waals surface area contributed by atoms with Crippen LogP contribution in [0.4, 0.5) is 5.13 Å². The summed E-state index contributed by atoms with van der Waals surface area (Å²) < 4.78 is 6.92. The first-order valence-electron chi connectivity index (χ1n) is 7.04. The van der Waals surface area contributed by atoms with Crippen LogP contribution in [-0.2, 0) is 0 Å². The maximum Gasteiger partial charge on any atom is 0.204 e. The molecule has 0 unspecified atom stereocenters. The van der Waals surface area contributed by atoms with E-state index in [0.717, 1.165) is 32.8 Å². The maximum atomic E-state index is 5.77. The van der Waals surface area contributed by atoms with Crippen LogP contribution in [-0.4, -0.2) is 11.2 Å². The normalized spacial score (nSPS) is 21.2. The zero-order valence-electron chi connectivity index (χ0n) is 11.6. The first-order valence-corrected chi connectivity index (χ1v) is 7.85. The molecule has 3 aromatic rings. The van der Waals surface area contributed by atoms with Gasteiger partial charge in [0.15, 0.2) is 0 Å². The lowest BCUT2D eigenvalue weighted by molar-refractivity contribution is 0.500. The molecule has 106 valence electrons. The van der Waals surface area contributed by atoms with Gasteiger partial charge in [-0.3, -0.25) is 5.43 Å². The lowest BCUT2D eigenvalue weighted by Gasteiger charge is -1.92. The topological polar surface area (TPSA) is 50.4 Å². The Bertz CT molecular complexity index is 772. The molecule has 0 saturated heterocycles. The standard InChI is InChI=1S/C16H15N3OS/c1-10-8-12(10)14-7-6-11(20-14)9-17-19-16-18-13-4-2-3-5-15(13)21-16/h2-7,9-10,12H,8H2,1H3,(H,18,19)/b17-9-/t10-,12+/m0/s1. The highest BCUT2D eigenvalue weighted by molar-refractivity contribution is 7.22. The minimum atomic E-state index is 0.601. The Balaban J connectivity index is 1.44. The Labute approximate surface area is 126 Å². The summed E-state index contributed by atoms with van der Waals surface area (Å²) in [6.45, 7) is 2.25. The SMILES string of the molecule is C[C@H]1C[C@H]1c1ccc(/C=N\Nc2nc3ccccc3s2)o1. The van der Waals surface area contributed by atoms with Crippen molar-refractivity contribution in [3.63, 3.8) is 0 Å². The second-order valence-corrected chi connectivity index (χ2v) is 6.45. The molecule has 0 aliphatic heterocycles. The molecule has 4 nitrogen and oxygen atoms in total. The van der Waals surface area contributed by atoms with Crippen LogP contribution < -0.4 is 5.43 Å². The van der Waals surface area contributed by atoms with Crippen molar-refractivity contribution in [2.75, 3.05) is 5.43 Å². The van der Waals surface area contributed by atoms with Gasteiger partial charge in [0, 0.05) is 5.92 Å². The number of hydrogen-bond donors (Lipinski definition) is 1. The second kappa shape index (κ2) is 5.00. The number of hydrazone groups is 1. The maximum absolute atomic E-state index is 5.77. The minimum absolute atomic E-state index is 0.601. The molecule has 5 heteroatoms. The van der Waals surface area contributed by atoms with E-state index in [0.29, 0.717) is 5.92 Å². The highest BCUT2D eigenvalue weighted by Gasteiger charge is 2.36. The van der Waals surface area contributed by atoms with E-state index >= 15 is 0 Å². The van der Waals surface area contributed by atoms with Gasteiger partial charge in [-0.05, 0) is 36.6 Å². The van der Waals surface area contributed by atoms with Crippen molar-refractivity contribution in [2.24, 2.45) is 11.0 Å². The molecule has 0 spiro atoms. The first-order chi connectivity index (χ1) is 10.3. The lowest BCUT2D eigenvalue weighted by atomic mass is 10.3. The van der Waals surface area contributed by atoms with Crippen molar-refractivity contribution in [1.29, 1.82) is 0 Å². The van der Waals surface area contributed by atoms with Crippen LogP contribution in [0, 0.1) is 5.92 Å². The van der Waals surface area contributed by atoms with Crippen LogP contribution in [0.25, 0.3) is 10.2 Å². The number of fused-ring (bicyclic) bond motifs is 1. The highest BCUT2D eigenvalue weighted by atomic mass is 32.1. The van der Waals surface area contributed by atoms with Gasteiger partial charge in [0.1, 0.15) is 11.5 Å². The molecule has 1 aliphatic carbocycles. The Kier molecular flexibility index (Phi) is 3.00. The van der Waals surface area contributed by atoms with E-state index in [2.05, 4.69) is 28.5 Å². The third-order valence-corrected chi connectivity index (χ3v) is 4.71. The van der Waals surface area contributed by atoms with Crippen molar-refractivity contribution in [1.82, 2.24) is 4.98 Å². The van der Waals surface area contributed by atoms with Crippen LogP contribution in [0.1, 0.15) is 30.8 Å². The number of thiazole rings is 1. The molecule has 0 bridgehead atoms. The van der Waals surface area contributed by atoms with Gasteiger partial charge >= 0.3 is 0 Å². The zero-order chi connectivity index (χ0) is 14.2. The number of nitrogens with zero attached hydrogens (tertiary/aromatic N) is 2. The van der Waals surface area contributed by atoms with E-state index in [4.69, 9.17) is 4.42 Å². The summed E-state index contributed by atoms with van der Waals surface area (Å²) in [4.78, 5) is 4.46. The van der Waals surface area contributed by atoms with E-state index in [1.807, 2.05) is 30.3 Å². The summed E-state index contributed by atoms with van der Waals surface area (Å²) >= 11 is 1.59. The lowest BCUT2D eigenvalue weighted by Crippen LogP contribution is -1.88. The Hall–Kier alpha value is -2.14. The third-order valence-electron chi connectivity index (χ3n) is 3.77. The molecule has 0 radical (unpaired) electrons. The largest absolute Gasteiger partial charge is 0.460 e. The van der Waals surface area contributed by atoms with Crippen LogP contribution in [0.3, 0.4) is 0 Å². The van der Waals surface area contributed by atoms with Crippen molar-refractivity contribution >= 4 is 32.9 Å². The Morgan fingerprint density at radius 3 is 3.00 bits per heavy atom. The molecule has 1 saturated carbocycles. The molecular weight excluding hydrogens is 282 g/mol. The molecule has 1 aliphatic rings. The number of aromatic nitrogens is 1. The number of rotatable bonds is 4. The molecule has 1 aromatic carbocycles. The monoisotopic (exact) mass is 297 g/mol. The van der Waals surface area contributed by atoms with Crippen molar-refractivity contribution in [3.8, 4) is 0 Å². The summed E-state index contributed by atoms with van der Waals surface area (Å²) in [5.74, 6) is 3.20. The quantitative estimate of drug-likeness (QED) is 0.571. The predicted molar refractivity (Wildman–Crippen MR) is 86.1 cm³/mol. The summed E-state index contributed by atoms with van der Waals surface area (Å²) in [7, 11) is 0. The van der Waals surface area contributed by atoms with E-state index < -0.39 is 0 Å². The van der Waals surface area contributed by atoms with Crippen molar-refractivity contribution in [3.05, 3.63) is 47.9 Å². The van der Waals surface area contributed by atoms with Gasteiger partial charge in [0.2, 0.25) is 5.13 Å². The van der Waals surface area contributed by atoms with Crippen LogP contribution in [0.15, 0.2) is 45.9 Å². The number of para-hydroxylation sites is 1. The molecule has 1 N–H and O–H groups in total. The van der Waals surface area contributed by atoms with Gasteiger partial charge in [-0.25, -0.2) is 4.98 Å². The van der Waals surface area contributed by atoms with E-state index in [-0.39, 0.29) is 0 Å². The molecule has 0 amide bonds. The van der Waals surface area contributed by atoms with Crippen LogP contribution >= 0.6 is 11.3 Å². The van der Waals surface area contributed by atoms with Gasteiger partial charge in [-0.1, -0.05) is 30.4 Å². The van der Waals surface area contributed by atoms with Gasteiger partial charge in [-0.15, -0.1) is 0 Å². The number of benzene rings is 1. The second-order valence-electron chi connectivity index (χ2n) is 5.42. The summed E-state index contributed by atoms with van der Waals surface area (Å²) in [5.41, 5.74) is 3.95. The fourth-order valence-corrected chi connectivity index (χ4v) is 3.24. The number of anilines is 1. The van der Waals surface area contributed by atoms with E-state index in [9.17, 15) is 0 Å². The summed E-state index contributed by atoms with van der Waals surface area (Å²) in [6.07, 6.45) is 2.93. The smallest absolute Gasteiger partial charge is 0.204 e. The molecule has 1 fully saturated rings. The van der Waals surface area contributed by atoms with E-state index in [1.54, 1.807) is 17.6 Å². The van der Waals surface area contributed by atoms with Gasteiger partial charge < -0.3 is 4.42 Å². The molecule has 4 rings (SSSR count). The summed E-state index contributed by atoms with van der Waals surface area (Å²) in [5, 5.41) is 4.99. The molecular formula is C16H15N3OS. The average Bonchev–Trinajstić information content (AvgIpc) is 2.92.